The first-order valence-electron chi connectivity index (χ1n) is 10.5. The highest BCUT2D eigenvalue weighted by atomic mass is 32.1. The fourth-order valence-electron chi connectivity index (χ4n) is 3.81. The minimum atomic E-state index is -0.669. The lowest BCUT2D eigenvalue weighted by molar-refractivity contribution is -0.119. The molecule has 0 spiro atoms. The van der Waals surface area contributed by atoms with Crippen molar-refractivity contribution in [1.29, 1.82) is 0 Å². The van der Waals surface area contributed by atoms with Crippen LogP contribution in [0.5, 0.6) is 0 Å². The smallest absolute Gasteiger partial charge is 0.349 e. The van der Waals surface area contributed by atoms with Gasteiger partial charge in [-0.1, -0.05) is 18.6 Å². The molecule has 0 aliphatic carbocycles. The number of amides is 1. The van der Waals surface area contributed by atoms with Gasteiger partial charge in [-0.25, -0.2) is 9.78 Å². The summed E-state index contributed by atoms with van der Waals surface area (Å²) in [6.07, 6.45) is 3.73. The maximum Gasteiger partial charge on any atom is 0.349 e. The molecule has 0 fully saturated rings. The van der Waals surface area contributed by atoms with E-state index in [1.54, 1.807) is 35.8 Å². The van der Waals surface area contributed by atoms with Gasteiger partial charge in [0.25, 0.3) is 11.5 Å². The van der Waals surface area contributed by atoms with Crippen LogP contribution in [0.1, 0.15) is 57.6 Å². The Balaban J connectivity index is 1.49. The first kappa shape index (κ1) is 21.9. The van der Waals surface area contributed by atoms with Crippen LogP contribution in [0.15, 0.2) is 29.1 Å². The molecule has 1 aromatic carbocycles. The number of aryl methyl sites for hydroxylation is 2. The van der Waals surface area contributed by atoms with Crippen LogP contribution < -0.4 is 10.9 Å². The van der Waals surface area contributed by atoms with E-state index in [0.717, 1.165) is 42.8 Å². The van der Waals surface area contributed by atoms with E-state index in [-0.39, 0.29) is 16.2 Å². The van der Waals surface area contributed by atoms with Crippen molar-refractivity contribution in [1.82, 2.24) is 9.55 Å². The number of fused-ring (bicyclic) bond motifs is 2. The van der Waals surface area contributed by atoms with Gasteiger partial charge in [0, 0.05) is 24.2 Å². The molecule has 0 bridgehead atoms. The number of hydrogen-bond acceptors (Lipinski definition) is 7. The molecule has 3 aromatic rings. The summed E-state index contributed by atoms with van der Waals surface area (Å²) >= 11 is 1.12. The summed E-state index contributed by atoms with van der Waals surface area (Å²) in [5.74, 6) is -0.552. The first-order chi connectivity index (χ1) is 15.3. The number of carbonyl (C=O) groups excluding carboxylic acids is 3. The van der Waals surface area contributed by atoms with Crippen molar-refractivity contribution in [3.63, 3.8) is 0 Å². The molecule has 0 atom stereocenters. The van der Waals surface area contributed by atoms with E-state index in [9.17, 15) is 19.2 Å². The van der Waals surface area contributed by atoms with Crippen molar-refractivity contribution in [3.8, 4) is 0 Å². The molecule has 0 saturated carbocycles. The summed E-state index contributed by atoms with van der Waals surface area (Å²) in [6, 6.07) is 6.51. The zero-order chi connectivity index (χ0) is 22.8. The van der Waals surface area contributed by atoms with Crippen molar-refractivity contribution < 1.29 is 19.1 Å². The standard InChI is InChI=1S/C23H23N3O5S/c1-13-19-21(25-17-9-4-3-5-10-26(17)22(19)29)32-20(13)23(30)31-12-18(28)24-16-8-6-7-15(11-16)14(2)27/h6-8,11H,3-5,9-10,12H2,1-2H3,(H,24,28). The van der Waals surface area contributed by atoms with E-state index in [4.69, 9.17) is 4.74 Å². The molecule has 2 aromatic heterocycles. The fourth-order valence-corrected chi connectivity index (χ4v) is 4.90. The van der Waals surface area contributed by atoms with E-state index >= 15 is 0 Å². The van der Waals surface area contributed by atoms with Gasteiger partial charge in [-0.05, 0) is 44.4 Å². The number of carbonyl (C=O) groups is 3. The predicted molar refractivity (Wildman–Crippen MR) is 122 cm³/mol. The highest BCUT2D eigenvalue weighted by molar-refractivity contribution is 7.20. The van der Waals surface area contributed by atoms with Crippen molar-refractivity contribution in [2.24, 2.45) is 0 Å². The molecule has 166 valence electrons. The average molecular weight is 454 g/mol. The Kier molecular flexibility index (Phi) is 6.18. The third-order valence-electron chi connectivity index (χ3n) is 5.48. The average Bonchev–Trinajstić information content (AvgIpc) is 2.93. The number of nitrogens with one attached hydrogen (secondary N) is 1. The Morgan fingerprint density at radius 3 is 2.81 bits per heavy atom. The number of anilines is 1. The quantitative estimate of drug-likeness (QED) is 0.468. The molecule has 0 saturated heterocycles. The third-order valence-corrected chi connectivity index (χ3v) is 6.65. The summed E-state index contributed by atoms with van der Waals surface area (Å²) in [5, 5.41) is 3.05. The molecule has 9 heteroatoms. The van der Waals surface area contributed by atoms with Crippen LogP contribution >= 0.6 is 11.3 Å². The first-order valence-corrected chi connectivity index (χ1v) is 11.3. The number of rotatable bonds is 5. The van der Waals surface area contributed by atoms with Crippen LogP contribution in [0.4, 0.5) is 5.69 Å². The topological polar surface area (TPSA) is 107 Å². The SMILES string of the molecule is CC(=O)c1cccc(NC(=O)COC(=O)c2sc3nc4n(c(=O)c3c2C)CCCCC4)c1. The van der Waals surface area contributed by atoms with Gasteiger partial charge in [0.2, 0.25) is 0 Å². The number of thiophene rings is 1. The van der Waals surface area contributed by atoms with Crippen LogP contribution in [0.3, 0.4) is 0 Å². The lowest BCUT2D eigenvalue weighted by Crippen LogP contribution is -2.24. The van der Waals surface area contributed by atoms with E-state index in [2.05, 4.69) is 10.3 Å². The minimum Gasteiger partial charge on any atom is -0.451 e. The van der Waals surface area contributed by atoms with E-state index in [1.807, 2.05) is 0 Å². The molecular formula is C23H23N3O5S. The molecule has 1 amide bonds. The lowest BCUT2D eigenvalue weighted by Gasteiger charge is -2.08. The molecule has 0 radical (unpaired) electrons. The summed E-state index contributed by atoms with van der Waals surface area (Å²) in [4.78, 5) is 54.8. The van der Waals surface area contributed by atoms with Gasteiger partial charge in [-0.2, -0.15) is 0 Å². The maximum atomic E-state index is 13.0. The van der Waals surface area contributed by atoms with Gasteiger partial charge in [0.05, 0.1) is 5.39 Å². The van der Waals surface area contributed by atoms with Gasteiger partial charge < -0.3 is 10.1 Å². The van der Waals surface area contributed by atoms with Gasteiger partial charge >= 0.3 is 5.97 Å². The number of esters is 1. The normalized spacial score (nSPS) is 13.3. The Labute approximate surface area is 188 Å². The summed E-state index contributed by atoms with van der Waals surface area (Å²) in [5.41, 5.74) is 1.32. The van der Waals surface area contributed by atoms with Crippen molar-refractivity contribution in [2.75, 3.05) is 11.9 Å². The van der Waals surface area contributed by atoms with E-state index < -0.39 is 18.5 Å². The van der Waals surface area contributed by atoms with Crippen molar-refractivity contribution in [3.05, 3.63) is 56.4 Å². The lowest BCUT2D eigenvalue weighted by atomic mass is 10.1. The summed E-state index contributed by atoms with van der Waals surface area (Å²) < 4.78 is 6.91. The Morgan fingerprint density at radius 1 is 1.22 bits per heavy atom. The van der Waals surface area contributed by atoms with Gasteiger partial charge in [-0.3, -0.25) is 19.0 Å². The monoisotopic (exact) mass is 453 g/mol. The Morgan fingerprint density at radius 2 is 2.03 bits per heavy atom. The number of nitrogens with zero attached hydrogens (tertiary/aromatic N) is 2. The highest BCUT2D eigenvalue weighted by Crippen LogP contribution is 2.29. The fraction of sp³-hybridized carbons (Fsp3) is 0.348. The predicted octanol–water partition coefficient (Wildman–Crippen LogP) is 3.49. The van der Waals surface area contributed by atoms with Crippen LogP contribution in [0.25, 0.3) is 10.2 Å². The number of aromatic nitrogens is 2. The van der Waals surface area contributed by atoms with Crippen LogP contribution in [0, 0.1) is 6.92 Å². The zero-order valence-corrected chi connectivity index (χ0v) is 18.7. The molecule has 0 unspecified atom stereocenters. The van der Waals surface area contributed by atoms with Crippen LogP contribution in [-0.4, -0.2) is 33.8 Å². The van der Waals surface area contributed by atoms with Gasteiger partial charge in [0.15, 0.2) is 12.4 Å². The number of ether oxygens (including phenoxy) is 1. The maximum absolute atomic E-state index is 13.0. The minimum absolute atomic E-state index is 0.116. The van der Waals surface area contributed by atoms with Crippen LogP contribution in [0.2, 0.25) is 0 Å². The molecular weight excluding hydrogens is 430 g/mol. The second kappa shape index (κ2) is 9.04. The molecule has 3 heterocycles. The molecule has 4 rings (SSSR count). The van der Waals surface area contributed by atoms with Crippen molar-refractivity contribution >= 4 is 44.9 Å². The van der Waals surface area contributed by atoms with E-state index in [0.29, 0.717) is 33.6 Å². The summed E-state index contributed by atoms with van der Waals surface area (Å²) in [7, 11) is 0. The Hall–Kier alpha value is -3.33. The number of Topliss-reactive ketones (excluding diaryl/α,β-unsaturated/α-hetero) is 1. The number of ketones is 1. The molecule has 1 aliphatic heterocycles. The van der Waals surface area contributed by atoms with Crippen LogP contribution in [-0.2, 0) is 22.5 Å². The largest absolute Gasteiger partial charge is 0.451 e. The second-order valence-corrected chi connectivity index (χ2v) is 8.79. The molecule has 1 N–H and O–H groups in total. The summed E-state index contributed by atoms with van der Waals surface area (Å²) in [6.45, 7) is 3.29. The molecule has 8 nitrogen and oxygen atoms in total. The second-order valence-electron chi connectivity index (χ2n) is 7.79. The third kappa shape index (κ3) is 4.34. The zero-order valence-electron chi connectivity index (χ0n) is 17.9. The van der Waals surface area contributed by atoms with E-state index in [1.165, 1.54) is 6.92 Å². The number of hydrogen-bond donors (Lipinski definition) is 1. The number of benzene rings is 1. The molecule has 32 heavy (non-hydrogen) atoms. The van der Waals surface area contributed by atoms with Gasteiger partial charge in [0.1, 0.15) is 15.5 Å². The van der Waals surface area contributed by atoms with Crippen molar-refractivity contribution in [2.45, 2.75) is 46.1 Å². The highest BCUT2D eigenvalue weighted by Gasteiger charge is 2.23. The Bertz CT molecular complexity index is 1290. The van der Waals surface area contributed by atoms with Gasteiger partial charge in [-0.15, -0.1) is 11.3 Å². The molecule has 1 aliphatic rings.